The van der Waals surface area contributed by atoms with Gasteiger partial charge in [0.05, 0.1) is 6.54 Å². The van der Waals surface area contributed by atoms with Crippen LogP contribution in [0.2, 0.25) is 0 Å². The Morgan fingerprint density at radius 2 is 2.31 bits per heavy atom. The van der Waals surface area contributed by atoms with Crippen molar-refractivity contribution in [2.24, 2.45) is 0 Å². The number of rotatable bonds is 4. The van der Waals surface area contributed by atoms with Crippen LogP contribution in [0.1, 0.15) is 37.6 Å². The number of likely N-dealkylation sites (tertiary alicyclic amines) is 1. The van der Waals surface area contributed by atoms with Crippen molar-refractivity contribution in [2.45, 2.75) is 45.2 Å². The Bertz CT molecular complexity index is 326. The molecule has 1 saturated heterocycles. The van der Waals surface area contributed by atoms with E-state index in [1.807, 2.05) is 7.05 Å². The predicted octanol–water partition coefficient (Wildman–Crippen LogP) is 2.34. The van der Waals surface area contributed by atoms with Gasteiger partial charge in [-0.1, -0.05) is 24.7 Å². The molecule has 16 heavy (non-hydrogen) atoms. The summed E-state index contributed by atoms with van der Waals surface area (Å²) in [5.41, 5.74) is 0. The van der Waals surface area contributed by atoms with Gasteiger partial charge in [0.15, 0.2) is 0 Å². The smallest absolute Gasteiger partial charge is 0.205 e. The van der Waals surface area contributed by atoms with Crippen LogP contribution in [0.15, 0.2) is 0 Å². The van der Waals surface area contributed by atoms with Crippen molar-refractivity contribution < 1.29 is 0 Å². The van der Waals surface area contributed by atoms with Crippen LogP contribution < -0.4 is 5.32 Å². The molecule has 5 heteroatoms. The summed E-state index contributed by atoms with van der Waals surface area (Å²) in [5, 5.41) is 13.4. The average Bonchev–Trinajstić information content (AvgIpc) is 2.77. The Labute approximate surface area is 101 Å². The number of nitrogens with zero attached hydrogens (tertiary/aromatic N) is 3. The van der Waals surface area contributed by atoms with Gasteiger partial charge >= 0.3 is 0 Å². The Morgan fingerprint density at radius 3 is 3.00 bits per heavy atom. The molecule has 0 spiro atoms. The largest absolute Gasteiger partial charge is 0.363 e. The first-order valence-electron chi connectivity index (χ1n) is 6.07. The Balaban J connectivity index is 1.96. The molecule has 1 unspecified atom stereocenters. The minimum absolute atomic E-state index is 0.746. The van der Waals surface area contributed by atoms with Crippen molar-refractivity contribution in [1.82, 2.24) is 15.1 Å². The summed E-state index contributed by atoms with van der Waals surface area (Å²) >= 11 is 1.66. The summed E-state index contributed by atoms with van der Waals surface area (Å²) in [5.74, 6) is 0. The summed E-state index contributed by atoms with van der Waals surface area (Å²) < 4.78 is 0. The molecule has 0 bridgehead atoms. The van der Waals surface area contributed by atoms with Crippen LogP contribution >= 0.6 is 11.3 Å². The number of hydrogen-bond donors (Lipinski definition) is 1. The Morgan fingerprint density at radius 1 is 1.44 bits per heavy atom. The summed E-state index contributed by atoms with van der Waals surface area (Å²) in [6.07, 6.45) is 5.30. The maximum Gasteiger partial charge on any atom is 0.205 e. The Kier molecular flexibility index (Phi) is 4.12. The zero-order valence-corrected chi connectivity index (χ0v) is 10.9. The highest BCUT2D eigenvalue weighted by atomic mass is 32.1. The van der Waals surface area contributed by atoms with E-state index < -0.39 is 0 Å². The molecule has 1 aliphatic heterocycles. The molecular formula is C11H20N4S. The van der Waals surface area contributed by atoms with Crippen LogP contribution in [0.4, 0.5) is 5.13 Å². The van der Waals surface area contributed by atoms with E-state index in [-0.39, 0.29) is 0 Å². The molecule has 90 valence electrons. The number of piperidine rings is 1. The highest BCUT2D eigenvalue weighted by Gasteiger charge is 2.21. The van der Waals surface area contributed by atoms with E-state index in [1.54, 1.807) is 11.3 Å². The first-order valence-corrected chi connectivity index (χ1v) is 6.89. The van der Waals surface area contributed by atoms with Crippen LogP contribution in [0.25, 0.3) is 0 Å². The highest BCUT2D eigenvalue weighted by molar-refractivity contribution is 7.15. The second-order valence-corrected chi connectivity index (χ2v) is 5.34. The molecule has 0 amide bonds. The maximum atomic E-state index is 4.21. The fourth-order valence-electron chi connectivity index (χ4n) is 2.32. The van der Waals surface area contributed by atoms with Crippen LogP contribution in [-0.4, -0.2) is 34.7 Å². The summed E-state index contributed by atoms with van der Waals surface area (Å²) in [7, 11) is 1.89. The van der Waals surface area contributed by atoms with E-state index in [0.717, 1.165) is 22.7 Å². The maximum absolute atomic E-state index is 4.21. The van der Waals surface area contributed by atoms with Crippen molar-refractivity contribution >= 4 is 16.5 Å². The molecule has 1 aromatic heterocycles. The molecule has 0 saturated carbocycles. The monoisotopic (exact) mass is 240 g/mol. The predicted molar refractivity (Wildman–Crippen MR) is 67.8 cm³/mol. The van der Waals surface area contributed by atoms with Gasteiger partial charge in [0.1, 0.15) is 5.01 Å². The third-order valence-electron chi connectivity index (χ3n) is 3.24. The van der Waals surface area contributed by atoms with E-state index >= 15 is 0 Å². The first-order chi connectivity index (χ1) is 7.83. The molecule has 0 aromatic carbocycles. The zero-order chi connectivity index (χ0) is 11.4. The third-order valence-corrected chi connectivity index (χ3v) is 4.16. The van der Waals surface area contributed by atoms with Gasteiger partial charge in [-0.2, -0.15) is 0 Å². The molecule has 1 aliphatic rings. The fourth-order valence-corrected chi connectivity index (χ4v) is 3.04. The average molecular weight is 240 g/mol. The van der Waals surface area contributed by atoms with Crippen LogP contribution in [0.3, 0.4) is 0 Å². The van der Waals surface area contributed by atoms with Gasteiger partial charge in [0, 0.05) is 13.1 Å². The van der Waals surface area contributed by atoms with E-state index in [1.165, 1.54) is 32.2 Å². The standard InChI is InChI=1S/C11H20N4S/c1-3-9-6-4-5-7-15(9)8-10-13-14-11(12-2)16-10/h9H,3-8H2,1-2H3,(H,12,14). The molecule has 1 fully saturated rings. The van der Waals surface area contributed by atoms with E-state index in [9.17, 15) is 0 Å². The number of anilines is 1. The summed E-state index contributed by atoms with van der Waals surface area (Å²) in [4.78, 5) is 2.56. The van der Waals surface area contributed by atoms with Gasteiger partial charge < -0.3 is 5.32 Å². The third kappa shape index (κ3) is 2.71. The minimum Gasteiger partial charge on any atom is -0.363 e. The van der Waals surface area contributed by atoms with Crippen molar-refractivity contribution in [3.8, 4) is 0 Å². The Hall–Kier alpha value is -0.680. The molecular weight excluding hydrogens is 220 g/mol. The molecule has 0 aliphatic carbocycles. The molecule has 1 N–H and O–H groups in total. The highest BCUT2D eigenvalue weighted by Crippen LogP contribution is 2.23. The van der Waals surface area contributed by atoms with Gasteiger partial charge in [0.25, 0.3) is 0 Å². The molecule has 0 radical (unpaired) electrons. The van der Waals surface area contributed by atoms with Crippen LogP contribution in [0.5, 0.6) is 0 Å². The fraction of sp³-hybridized carbons (Fsp3) is 0.818. The van der Waals surface area contributed by atoms with Crippen LogP contribution in [-0.2, 0) is 6.54 Å². The number of hydrogen-bond acceptors (Lipinski definition) is 5. The lowest BCUT2D eigenvalue weighted by Crippen LogP contribution is -2.38. The van der Waals surface area contributed by atoms with Gasteiger partial charge in [-0.25, -0.2) is 0 Å². The molecule has 2 heterocycles. The van der Waals surface area contributed by atoms with E-state index in [2.05, 4.69) is 27.3 Å². The SMILES string of the molecule is CCC1CCCCN1Cc1nnc(NC)s1. The molecule has 4 nitrogen and oxygen atoms in total. The molecule has 1 atom stereocenters. The van der Waals surface area contributed by atoms with Gasteiger partial charge in [-0.05, 0) is 25.8 Å². The summed E-state index contributed by atoms with van der Waals surface area (Å²) in [6.45, 7) is 4.47. The van der Waals surface area contributed by atoms with Crippen molar-refractivity contribution in [2.75, 3.05) is 18.9 Å². The number of aromatic nitrogens is 2. The summed E-state index contributed by atoms with van der Waals surface area (Å²) in [6, 6.07) is 0.746. The lowest BCUT2D eigenvalue weighted by atomic mass is 10.0. The lowest BCUT2D eigenvalue weighted by Gasteiger charge is -2.34. The second kappa shape index (κ2) is 5.59. The molecule has 1 aromatic rings. The minimum atomic E-state index is 0.746. The van der Waals surface area contributed by atoms with Gasteiger partial charge in [0.2, 0.25) is 5.13 Å². The first kappa shape index (κ1) is 11.8. The van der Waals surface area contributed by atoms with Crippen molar-refractivity contribution in [3.63, 3.8) is 0 Å². The quantitative estimate of drug-likeness (QED) is 0.877. The number of nitrogens with one attached hydrogen (secondary N) is 1. The van der Waals surface area contributed by atoms with Crippen LogP contribution in [0, 0.1) is 0 Å². The van der Waals surface area contributed by atoms with E-state index in [4.69, 9.17) is 0 Å². The van der Waals surface area contributed by atoms with E-state index in [0.29, 0.717) is 0 Å². The normalized spacial score (nSPS) is 22.2. The van der Waals surface area contributed by atoms with Crippen molar-refractivity contribution in [3.05, 3.63) is 5.01 Å². The van der Waals surface area contributed by atoms with Crippen molar-refractivity contribution in [1.29, 1.82) is 0 Å². The molecule has 2 rings (SSSR count). The topological polar surface area (TPSA) is 41.1 Å². The second-order valence-electron chi connectivity index (χ2n) is 4.28. The lowest BCUT2D eigenvalue weighted by molar-refractivity contribution is 0.136. The van der Waals surface area contributed by atoms with Gasteiger partial charge in [-0.15, -0.1) is 10.2 Å². The zero-order valence-electron chi connectivity index (χ0n) is 10.1. The van der Waals surface area contributed by atoms with Gasteiger partial charge in [-0.3, -0.25) is 4.90 Å².